The molecule has 1 N–H and O–H groups in total. The summed E-state index contributed by atoms with van der Waals surface area (Å²) in [5, 5.41) is 8.45. The van der Waals surface area contributed by atoms with E-state index in [0.717, 1.165) is 19.1 Å². The lowest BCUT2D eigenvalue weighted by Crippen LogP contribution is -2.27. The summed E-state index contributed by atoms with van der Waals surface area (Å²) in [6.07, 6.45) is 7.95. The first-order valence-electron chi connectivity index (χ1n) is 5.37. The van der Waals surface area contributed by atoms with Gasteiger partial charge in [-0.05, 0) is 25.8 Å². The van der Waals surface area contributed by atoms with E-state index in [2.05, 4.69) is 11.8 Å². The van der Waals surface area contributed by atoms with Gasteiger partial charge in [-0.3, -0.25) is 4.90 Å². The van der Waals surface area contributed by atoms with Crippen LogP contribution in [0, 0.1) is 0 Å². The molecule has 14 heavy (non-hydrogen) atoms. The molecule has 1 fully saturated rings. The van der Waals surface area contributed by atoms with Crippen molar-refractivity contribution in [3.05, 3.63) is 12.2 Å². The summed E-state index contributed by atoms with van der Waals surface area (Å²) < 4.78 is 0. The molecular formula is C11H19NO2. The average molecular weight is 197 g/mol. The normalized spacial score (nSPS) is 16.7. The van der Waals surface area contributed by atoms with Crippen LogP contribution in [0.1, 0.15) is 32.6 Å². The van der Waals surface area contributed by atoms with Gasteiger partial charge in [0, 0.05) is 18.7 Å². The summed E-state index contributed by atoms with van der Waals surface area (Å²) in [6, 6.07) is 0.722. The van der Waals surface area contributed by atoms with Crippen molar-refractivity contribution in [2.24, 2.45) is 0 Å². The summed E-state index contributed by atoms with van der Waals surface area (Å²) in [6.45, 7) is 4.07. The van der Waals surface area contributed by atoms with Gasteiger partial charge < -0.3 is 5.11 Å². The predicted molar refractivity (Wildman–Crippen MR) is 56.3 cm³/mol. The Labute approximate surface area is 85.4 Å². The number of hydrogen-bond acceptors (Lipinski definition) is 2. The third-order valence-corrected chi connectivity index (χ3v) is 2.46. The van der Waals surface area contributed by atoms with E-state index in [-0.39, 0.29) is 0 Å². The number of nitrogens with zero attached hydrogens (tertiary/aromatic N) is 1. The fourth-order valence-corrected chi connectivity index (χ4v) is 1.51. The van der Waals surface area contributed by atoms with Crippen LogP contribution in [-0.2, 0) is 4.79 Å². The van der Waals surface area contributed by atoms with Crippen molar-refractivity contribution in [1.29, 1.82) is 0 Å². The van der Waals surface area contributed by atoms with Gasteiger partial charge in [0.25, 0.3) is 0 Å². The summed E-state index contributed by atoms with van der Waals surface area (Å²) in [4.78, 5) is 12.7. The van der Waals surface area contributed by atoms with Crippen molar-refractivity contribution in [2.75, 3.05) is 13.1 Å². The lowest BCUT2D eigenvalue weighted by atomic mass is 10.3. The van der Waals surface area contributed by atoms with Crippen molar-refractivity contribution in [2.45, 2.75) is 38.6 Å². The smallest absolute Gasteiger partial charge is 0.328 e. The number of rotatable bonds is 7. The second kappa shape index (κ2) is 5.81. The Morgan fingerprint density at radius 2 is 2.29 bits per heavy atom. The number of carboxylic acids is 1. The molecule has 0 aliphatic heterocycles. The van der Waals surface area contributed by atoms with Crippen LogP contribution >= 0.6 is 0 Å². The standard InChI is InChI=1S/C11H19NO2/c1-2-3-8-12(10-6-7-10)9-4-5-11(13)14/h4-5,10H,2-3,6-9H2,1H3,(H,13,14)/b5-4+. The zero-order valence-corrected chi connectivity index (χ0v) is 8.78. The minimum Gasteiger partial charge on any atom is -0.478 e. The molecule has 0 aromatic rings. The molecule has 0 saturated heterocycles. The third kappa shape index (κ3) is 4.42. The average Bonchev–Trinajstić information content (AvgIpc) is 2.93. The zero-order chi connectivity index (χ0) is 10.4. The first-order valence-corrected chi connectivity index (χ1v) is 5.37. The summed E-state index contributed by atoms with van der Waals surface area (Å²) >= 11 is 0. The first kappa shape index (κ1) is 11.2. The Kier molecular flexibility index (Phi) is 4.66. The summed E-state index contributed by atoms with van der Waals surface area (Å²) in [7, 11) is 0. The molecule has 0 heterocycles. The maximum Gasteiger partial charge on any atom is 0.328 e. The van der Waals surface area contributed by atoms with Crippen LogP contribution in [0.3, 0.4) is 0 Å². The van der Waals surface area contributed by atoms with Gasteiger partial charge in [0.2, 0.25) is 0 Å². The maximum absolute atomic E-state index is 10.3. The van der Waals surface area contributed by atoms with Gasteiger partial charge in [0.05, 0.1) is 0 Å². The van der Waals surface area contributed by atoms with Gasteiger partial charge in [0.15, 0.2) is 0 Å². The van der Waals surface area contributed by atoms with Gasteiger partial charge >= 0.3 is 5.97 Å². The Hall–Kier alpha value is -0.830. The van der Waals surface area contributed by atoms with Crippen LogP contribution in [0.4, 0.5) is 0 Å². The van der Waals surface area contributed by atoms with E-state index in [1.54, 1.807) is 6.08 Å². The van der Waals surface area contributed by atoms with Gasteiger partial charge in [-0.2, -0.15) is 0 Å². The van der Waals surface area contributed by atoms with Crippen molar-refractivity contribution in [3.63, 3.8) is 0 Å². The molecule has 0 radical (unpaired) electrons. The third-order valence-electron chi connectivity index (χ3n) is 2.46. The molecule has 1 saturated carbocycles. The highest BCUT2D eigenvalue weighted by molar-refractivity contribution is 5.79. The topological polar surface area (TPSA) is 40.5 Å². The molecule has 0 aromatic carbocycles. The lowest BCUT2D eigenvalue weighted by molar-refractivity contribution is -0.131. The highest BCUT2D eigenvalue weighted by atomic mass is 16.4. The van der Waals surface area contributed by atoms with E-state index >= 15 is 0 Å². The number of unbranched alkanes of at least 4 members (excludes halogenated alkanes) is 1. The number of carbonyl (C=O) groups is 1. The molecule has 1 aliphatic carbocycles. The Balaban J connectivity index is 2.24. The molecule has 0 bridgehead atoms. The fraction of sp³-hybridized carbons (Fsp3) is 0.727. The van der Waals surface area contributed by atoms with Gasteiger partial charge in [-0.15, -0.1) is 0 Å². The van der Waals surface area contributed by atoms with Crippen LogP contribution < -0.4 is 0 Å². The highest BCUT2D eigenvalue weighted by Gasteiger charge is 2.27. The monoisotopic (exact) mass is 197 g/mol. The first-order chi connectivity index (χ1) is 6.74. The van der Waals surface area contributed by atoms with Gasteiger partial charge in [-0.1, -0.05) is 19.4 Å². The molecule has 0 unspecified atom stereocenters. The molecule has 0 spiro atoms. The van der Waals surface area contributed by atoms with E-state index < -0.39 is 5.97 Å². The van der Waals surface area contributed by atoms with Crippen LogP contribution in [0.15, 0.2) is 12.2 Å². The molecule has 0 amide bonds. The van der Waals surface area contributed by atoms with E-state index in [4.69, 9.17) is 5.11 Å². The van der Waals surface area contributed by atoms with Crippen LogP contribution in [-0.4, -0.2) is 35.1 Å². The Morgan fingerprint density at radius 3 is 2.79 bits per heavy atom. The van der Waals surface area contributed by atoms with Crippen LogP contribution in [0.2, 0.25) is 0 Å². The van der Waals surface area contributed by atoms with Crippen LogP contribution in [0.5, 0.6) is 0 Å². The second-order valence-corrected chi connectivity index (χ2v) is 3.82. The quantitative estimate of drug-likeness (QED) is 0.634. The van der Waals surface area contributed by atoms with Crippen molar-refractivity contribution in [1.82, 2.24) is 4.90 Å². The van der Waals surface area contributed by atoms with Crippen molar-refractivity contribution >= 4 is 5.97 Å². The molecular weight excluding hydrogens is 178 g/mol. The second-order valence-electron chi connectivity index (χ2n) is 3.82. The summed E-state index contributed by atoms with van der Waals surface area (Å²) in [5.74, 6) is -0.851. The molecule has 0 aromatic heterocycles. The number of hydrogen-bond donors (Lipinski definition) is 1. The molecule has 80 valence electrons. The minimum absolute atomic E-state index is 0.722. The highest BCUT2D eigenvalue weighted by Crippen LogP contribution is 2.26. The number of aliphatic carboxylic acids is 1. The van der Waals surface area contributed by atoms with Crippen LogP contribution in [0.25, 0.3) is 0 Å². The lowest BCUT2D eigenvalue weighted by Gasteiger charge is -2.19. The molecule has 3 heteroatoms. The fourth-order valence-electron chi connectivity index (χ4n) is 1.51. The zero-order valence-electron chi connectivity index (χ0n) is 8.78. The molecule has 0 atom stereocenters. The largest absolute Gasteiger partial charge is 0.478 e. The van der Waals surface area contributed by atoms with Crippen molar-refractivity contribution in [3.8, 4) is 0 Å². The number of carboxylic acid groups (broad SMARTS) is 1. The SMILES string of the molecule is CCCCN(C/C=C/C(=O)O)C1CC1. The van der Waals surface area contributed by atoms with Gasteiger partial charge in [0.1, 0.15) is 0 Å². The van der Waals surface area contributed by atoms with E-state index in [1.807, 2.05) is 0 Å². The molecule has 1 aliphatic rings. The molecule has 1 rings (SSSR count). The maximum atomic E-state index is 10.3. The predicted octanol–water partition coefficient (Wildman–Crippen LogP) is 1.89. The van der Waals surface area contributed by atoms with E-state index in [0.29, 0.717) is 0 Å². The molecule has 3 nitrogen and oxygen atoms in total. The Morgan fingerprint density at radius 1 is 1.57 bits per heavy atom. The van der Waals surface area contributed by atoms with Gasteiger partial charge in [-0.25, -0.2) is 4.79 Å². The summed E-state index contributed by atoms with van der Waals surface area (Å²) in [5.41, 5.74) is 0. The van der Waals surface area contributed by atoms with E-state index in [1.165, 1.54) is 31.8 Å². The Bertz CT molecular complexity index is 209. The minimum atomic E-state index is -0.851. The van der Waals surface area contributed by atoms with E-state index in [9.17, 15) is 4.79 Å². The van der Waals surface area contributed by atoms with Crippen molar-refractivity contribution < 1.29 is 9.90 Å².